The van der Waals surface area contributed by atoms with E-state index in [1.54, 1.807) is 43.0 Å². The Labute approximate surface area is 160 Å². The van der Waals surface area contributed by atoms with Crippen LogP contribution in [0.3, 0.4) is 0 Å². The Morgan fingerprint density at radius 1 is 1.04 bits per heavy atom. The first-order valence-electron chi connectivity index (χ1n) is 8.55. The molecule has 0 aromatic heterocycles. The molecule has 2 amide bonds. The number of ether oxygens (including phenoxy) is 1. The Balaban J connectivity index is 1.88. The number of carbonyl (C=O) groups is 2. The number of anilines is 1. The van der Waals surface area contributed by atoms with Gasteiger partial charge in [0.05, 0.1) is 18.2 Å². The van der Waals surface area contributed by atoms with Crippen LogP contribution >= 0.6 is 0 Å². The molecule has 3 rings (SSSR count). The second kappa shape index (κ2) is 7.18. The number of nitrogens with zero attached hydrogens (tertiary/aromatic N) is 2. The lowest BCUT2D eigenvalue weighted by molar-refractivity contribution is -0.122. The quantitative estimate of drug-likeness (QED) is 0.753. The van der Waals surface area contributed by atoms with Crippen LogP contribution in [0.2, 0.25) is 0 Å². The van der Waals surface area contributed by atoms with Crippen molar-refractivity contribution in [3.63, 3.8) is 0 Å². The highest BCUT2D eigenvalue weighted by atomic mass is 19.2. The van der Waals surface area contributed by atoms with E-state index in [1.807, 2.05) is 0 Å². The molecule has 2 aromatic rings. The molecule has 28 heavy (non-hydrogen) atoms. The third-order valence-electron chi connectivity index (χ3n) is 4.62. The van der Waals surface area contributed by atoms with E-state index in [0.29, 0.717) is 23.6 Å². The molecular formula is C20H19F3N2O3. The van der Waals surface area contributed by atoms with Crippen molar-refractivity contribution in [2.45, 2.75) is 19.4 Å². The number of amides is 2. The van der Waals surface area contributed by atoms with E-state index in [1.165, 1.54) is 7.11 Å². The number of hydrogen-bond donors (Lipinski definition) is 0. The third-order valence-corrected chi connectivity index (χ3v) is 4.62. The summed E-state index contributed by atoms with van der Waals surface area (Å²) in [5.41, 5.74) is -0.795. The predicted molar refractivity (Wildman–Crippen MR) is 96.8 cm³/mol. The summed E-state index contributed by atoms with van der Waals surface area (Å²) in [6.07, 6.45) is 0. The van der Waals surface area contributed by atoms with Gasteiger partial charge in [0, 0.05) is 18.3 Å². The number of benzene rings is 2. The van der Waals surface area contributed by atoms with Crippen molar-refractivity contribution in [2.75, 3.05) is 25.1 Å². The van der Waals surface area contributed by atoms with E-state index in [-0.39, 0.29) is 19.0 Å². The third kappa shape index (κ3) is 3.54. The monoisotopic (exact) mass is 392 g/mol. The van der Waals surface area contributed by atoms with Gasteiger partial charge in [-0.2, -0.15) is 0 Å². The van der Waals surface area contributed by atoms with Gasteiger partial charge < -0.3 is 14.5 Å². The van der Waals surface area contributed by atoms with Crippen LogP contribution in [0.4, 0.5) is 18.9 Å². The fourth-order valence-electron chi connectivity index (χ4n) is 3.39. The molecule has 5 nitrogen and oxygen atoms in total. The lowest BCUT2D eigenvalue weighted by Crippen LogP contribution is -2.63. The molecular weight excluding hydrogens is 373 g/mol. The number of halogens is 3. The first-order chi connectivity index (χ1) is 13.1. The van der Waals surface area contributed by atoms with Gasteiger partial charge in [-0.15, -0.1) is 0 Å². The van der Waals surface area contributed by atoms with Crippen molar-refractivity contribution in [1.82, 2.24) is 4.90 Å². The highest BCUT2D eigenvalue weighted by molar-refractivity contribution is 6.02. The fourth-order valence-corrected chi connectivity index (χ4v) is 3.39. The van der Waals surface area contributed by atoms with E-state index >= 15 is 0 Å². The molecule has 1 aliphatic rings. The summed E-state index contributed by atoms with van der Waals surface area (Å²) in [4.78, 5) is 28.1. The van der Waals surface area contributed by atoms with Crippen LogP contribution in [-0.2, 0) is 4.79 Å². The second-order valence-corrected chi connectivity index (χ2v) is 7.15. The lowest BCUT2D eigenvalue weighted by atomic mass is 9.96. The zero-order chi connectivity index (χ0) is 20.6. The SMILES string of the molecule is COc1ccc(N2C(=O)CN(C(=O)c3cc(F)c(F)cc3F)CC2(C)C)cc1. The average molecular weight is 392 g/mol. The standard InChI is InChI=1S/C20H19F3N2O3/c1-20(2)11-24(19(27)14-8-16(22)17(23)9-15(14)21)10-18(26)25(20)12-4-6-13(28-3)7-5-12/h4-9H,10-11H2,1-3H3. The summed E-state index contributed by atoms with van der Waals surface area (Å²) in [6.45, 7) is 3.29. The Morgan fingerprint density at radius 3 is 2.21 bits per heavy atom. The van der Waals surface area contributed by atoms with Crippen molar-refractivity contribution in [1.29, 1.82) is 0 Å². The van der Waals surface area contributed by atoms with Gasteiger partial charge in [0.25, 0.3) is 5.91 Å². The highest BCUT2D eigenvalue weighted by Crippen LogP contribution is 2.31. The minimum atomic E-state index is -1.38. The molecule has 1 heterocycles. The molecule has 8 heteroatoms. The zero-order valence-corrected chi connectivity index (χ0v) is 15.6. The smallest absolute Gasteiger partial charge is 0.257 e. The lowest BCUT2D eigenvalue weighted by Gasteiger charge is -2.46. The maximum Gasteiger partial charge on any atom is 0.257 e. The number of hydrogen-bond acceptors (Lipinski definition) is 3. The summed E-state index contributed by atoms with van der Waals surface area (Å²) in [5, 5.41) is 0. The molecule has 0 aliphatic carbocycles. The van der Waals surface area contributed by atoms with Crippen LogP contribution in [0.15, 0.2) is 36.4 Å². The van der Waals surface area contributed by atoms with E-state index in [2.05, 4.69) is 0 Å². The molecule has 148 valence electrons. The Kier molecular flexibility index (Phi) is 5.06. The van der Waals surface area contributed by atoms with Crippen LogP contribution in [0.25, 0.3) is 0 Å². The zero-order valence-electron chi connectivity index (χ0n) is 15.6. The first kappa shape index (κ1) is 19.7. The number of rotatable bonds is 3. The summed E-state index contributed by atoms with van der Waals surface area (Å²) >= 11 is 0. The van der Waals surface area contributed by atoms with E-state index < -0.39 is 34.5 Å². The Bertz CT molecular complexity index is 929. The minimum absolute atomic E-state index is 0.0854. The number of carbonyl (C=O) groups excluding carboxylic acids is 2. The molecule has 0 bridgehead atoms. The van der Waals surface area contributed by atoms with Gasteiger partial charge in [0.1, 0.15) is 18.1 Å². The van der Waals surface area contributed by atoms with Gasteiger partial charge >= 0.3 is 0 Å². The van der Waals surface area contributed by atoms with Gasteiger partial charge in [-0.05, 0) is 44.2 Å². The fraction of sp³-hybridized carbons (Fsp3) is 0.300. The van der Waals surface area contributed by atoms with E-state index in [0.717, 1.165) is 4.90 Å². The average Bonchev–Trinajstić information content (AvgIpc) is 2.63. The van der Waals surface area contributed by atoms with Gasteiger partial charge in [0.2, 0.25) is 5.91 Å². The molecule has 1 aliphatic heterocycles. The number of piperazine rings is 1. The van der Waals surface area contributed by atoms with Crippen LogP contribution in [0.1, 0.15) is 24.2 Å². The maximum atomic E-state index is 14.0. The summed E-state index contributed by atoms with van der Waals surface area (Å²) < 4.78 is 45.7. The van der Waals surface area contributed by atoms with Gasteiger partial charge in [-0.1, -0.05) is 0 Å². The van der Waals surface area contributed by atoms with Gasteiger partial charge in [0.15, 0.2) is 11.6 Å². The summed E-state index contributed by atoms with van der Waals surface area (Å²) in [5.74, 6) is -4.49. The Morgan fingerprint density at radius 2 is 1.64 bits per heavy atom. The van der Waals surface area contributed by atoms with Crippen molar-refractivity contribution in [3.05, 3.63) is 59.4 Å². The van der Waals surface area contributed by atoms with Crippen LogP contribution < -0.4 is 9.64 Å². The summed E-state index contributed by atoms with van der Waals surface area (Å²) in [6, 6.07) is 7.72. The van der Waals surface area contributed by atoms with Crippen LogP contribution in [-0.4, -0.2) is 42.5 Å². The second-order valence-electron chi connectivity index (χ2n) is 7.15. The molecule has 1 fully saturated rings. The highest BCUT2D eigenvalue weighted by Gasteiger charge is 2.41. The van der Waals surface area contributed by atoms with Crippen molar-refractivity contribution < 1.29 is 27.5 Å². The molecule has 0 saturated carbocycles. The molecule has 0 N–H and O–H groups in total. The summed E-state index contributed by atoms with van der Waals surface area (Å²) in [7, 11) is 1.53. The molecule has 0 spiro atoms. The van der Waals surface area contributed by atoms with Gasteiger partial charge in [-0.3, -0.25) is 9.59 Å². The van der Waals surface area contributed by atoms with Crippen LogP contribution in [0.5, 0.6) is 5.75 Å². The predicted octanol–water partition coefficient (Wildman–Crippen LogP) is 3.38. The Hall–Kier alpha value is -3.03. The van der Waals surface area contributed by atoms with E-state index in [4.69, 9.17) is 4.74 Å². The topological polar surface area (TPSA) is 49.9 Å². The van der Waals surface area contributed by atoms with E-state index in [9.17, 15) is 22.8 Å². The molecule has 1 saturated heterocycles. The normalized spacial score (nSPS) is 16.3. The van der Waals surface area contributed by atoms with Crippen molar-refractivity contribution in [3.8, 4) is 5.75 Å². The minimum Gasteiger partial charge on any atom is -0.497 e. The number of methoxy groups -OCH3 is 1. The van der Waals surface area contributed by atoms with Gasteiger partial charge in [-0.25, -0.2) is 13.2 Å². The first-order valence-corrected chi connectivity index (χ1v) is 8.55. The van der Waals surface area contributed by atoms with Crippen molar-refractivity contribution in [2.24, 2.45) is 0 Å². The van der Waals surface area contributed by atoms with Crippen LogP contribution in [0, 0.1) is 17.5 Å². The maximum absolute atomic E-state index is 14.0. The molecule has 0 unspecified atom stereocenters. The largest absolute Gasteiger partial charge is 0.497 e. The molecule has 0 atom stereocenters. The van der Waals surface area contributed by atoms with Crippen molar-refractivity contribution >= 4 is 17.5 Å². The molecule has 2 aromatic carbocycles. The molecule has 0 radical (unpaired) electrons.